The molecule has 20 heavy (non-hydrogen) atoms. The number of aromatic nitrogens is 1. The standard InChI is InChI=1S/C16H16N4/c17-9-13-5-7-18-10-15(13)20-11-16-14-4-2-1-3-12(14)6-8-19-16/h1-5,7,10,16,19-20H,6,8,11H2. The average molecular weight is 264 g/mol. The average Bonchev–Trinajstić information content (AvgIpc) is 2.53. The second-order valence-corrected chi connectivity index (χ2v) is 4.87. The van der Waals surface area contributed by atoms with E-state index in [2.05, 4.69) is 46.0 Å². The van der Waals surface area contributed by atoms with Crippen molar-refractivity contribution in [1.29, 1.82) is 5.26 Å². The molecule has 0 radical (unpaired) electrons. The van der Waals surface area contributed by atoms with E-state index in [1.807, 2.05) is 0 Å². The lowest BCUT2D eigenvalue weighted by molar-refractivity contribution is 0.523. The molecule has 0 fully saturated rings. The number of rotatable bonds is 3. The largest absolute Gasteiger partial charge is 0.381 e. The Hall–Kier alpha value is -2.38. The Morgan fingerprint density at radius 1 is 1.35 bits per heavy atom. The van der Waals surface area contributed by atoms with Gasteiger partial charge in [-0.2, -0.15) is 5.26 Å². The minimum absolute atomic E-state index is 0.270. The van der Waals surface area contributed by atoms with Crippen LogP contribution in [0, 0.1) is 11.3 Å². The fourth-order valence-electron chi connectivity index (χ4n) is 2.62. The van der Waals surface area contributed by atoms with Gasteiger partial charge in [-0.15, -0.1) is 0 Å². The number of nitriles is 1. The summed E-state index contributed by atoms with van der Waals surface area (Å²) >= 11 is 0. The van der Waals surface area contributed by atoms with Crippen LogP contribution in [-0.2, 0) is 6.42 Å². The second-order valence-electron chi connectivity index (χ2n) is 4.87. The predicted octanol–water partition coefficient (Wildman–Crippen LogP) is 2.25. The van der Waals surface area contributed by atoms with Crippen LogP contribution >= 0.6 is 0 Å². The van der Waals surface area contributed by atoms with Crippen molar-refractivity contribution in [2.75, 3.05) is 18.4 Å². The summed E-state index contributed by atoms with van der Waals surface area (Å²) in [4.78, 5) is 4.07. The smallest absolute Gasteiger partial charge is 0.101 e. The minimum atomic E-state index is 0.270. The number of fused-ring (bicyclic) bond motifs is 1. The van der Waals surface area contributed by atoms with Gasteiger partial charge in [-0.1, -0.05) is 24.3 Å². The van der Waals surface area contributed by atoms with Crippen molar-refractivity contribution < 1.29 is 0 Å². The van der Waals surface area contributed by atoms with Crippen LogP contribution < -0.4 is 10.6 Å². The highest BCUT2D eigenvalue weighted by atomic mass is 15.0. The zero-order valence-electron chi connectivity index (χ0n) is 11.1. The van der Waals surface area contributed by atoms with Crippen LogP contribution in [0.3, 0.4) is 0 Å². The lowest BCUT2D eigenvalue weighted by Crippen LogP contribution is -2.34. The van der Waals surface area contributed by atoms with Gasteiger partial charge in [-0.3, -0.25) is 4.98 Å². The molecule has 2 aromatic rings. The monoisotopic (exact) mass is 264 g/mol. The SMILES string of the molecule is N#Cc1ccncc1NCC1NCCc2ccccc21. The Morgan fingerprint density at radius 3 is 3.15 bits per heavy atom. The third kappa shape index (κ3) is 2.49. The van der Waals surface area contributed by atoms with Crippen molar-refractivity contribution in [2.24, 2.45) is 0 Å². The number of nitrogens with zero attached hydrogens (tertiary/aromatic N) is 2. The van der Waals surface area contributed by atoms with Gasteiger partial charge in [0.2, 0.25) is 0 Å². The lowest BCUT2D eigenvalue weighted by atomic mass is 9.94. The van der Waals surface area contributed by atoms with Gasteiger partial charge in [0.15, 0.2) is 0 Å². The number of hydrogen-bond acceptors (Lipinski definition) is 4. The van der Waals surface area contributed by atoms with E-state index in [0.29, 0.717) is 5.56 Å². The van der Waals surface area contributed by atoms with E-state index in [1.165, 1.54) is 11.1 Å². The topological polar surface area (TPSA) is 60.7 Å². The molecular weight excluding hydrogens is 248 g/mol. The summed E-state index contributed by atoms with van der Waals surface area (Å²) in [6.07, 6.45) is 4.41. The number of nitrogens with one attached hydrogen (secondary N) is 2. The van der Waals surface area contributed by atoms with Crippen LogP contribution in [0.5, 0.6) is 0 Å². The van der Waals surface area contributed by atoms with Crippen LogP contribution in [0.4, 0.5) is 5.69 Å². The maximum Gasteiger partial charge on any atom is 0.101 e. The quantitative estimate of drug-likeness (QED) is 0.892. The molecule has 1 atom stereocenters. The molecule has 1 aromatic heterocycles. The Bertz CT molecular complexity index is 645. The first-order valence-corrected chi connectivity index (χ1v) is 6.77. The van der Waals surface area contributed by atoms with Crippen LogP contribution in [0.1, 0.15) is 22.7 Å². The zero-order chi connectivity index (χ0) is 13.8. The van der Waals surface area contributed by atoms with Gasteiger partial charge >= 0.3 is 0 Å². The Labute approximate surface area is 118 Å². The molecule has 0 spiro atoms. The first-order valence-electron chi connectivity index (χ1n) is 6.77. The molecule has 0 saturated carbocycles. The summed E-state index contributed by atoms with van der Waals surface area (Å²) < 4.78 is 0. The van der Waals surface area contributed by atoms with Crippen molar-refractivity contribution in [2.45, 2.75) is 12.5 Å². The molecule has 2 N–H and O–H groups in total. The highest BCUT2D eigenvalue weighted by Crippen LogP contribution is 2.23. The number of anilines is 1. The molecule has 100 valence electrons. The summed E-state index contributed by atoms with van der Waals surface area (Å²) in [5.74, 6) is 0. The third-order valence-corrected chi connectivity index (χ3v) is 3.65. The van der Waals surface area contributed by atoms with Crippen LogP contribution in [-0.4, -0.2) is 18.1 Å². The Balaban J connectivity index is 1.75. The molecule has 0 saturated heterocycles. The van der Waals surface area contributed by atoms with Crippen molar-refractivity contribution >= 4 is 5.69 Å². The van der Waals surface area contributed by atoms with E-state index in [-0.39, 0.29) is 6.04 Å². The fraction of sp³-hybridized carbons (Fsp3) is 0.250. The zero-order valence-corrected chi connectivity index (χ0v) is 11.1. The van der Waals surface area contributed by atoms with E-state index in [9.17, 15) is 0 Å². The number of hydrogen-bond donors (Lipinski definition) is 2. The van der Waals surface area contributed by atoms with E-state index in [0.717, 1.165) is 25.2 Å². The molecule has 0 bridgehead atoms. The van der Waals surface area contributed by atoms with Gasteiger partial charge in [-0.05, 0) is 30.2 Å². The van der Waals surface area contributed by atoms with Crippen molar-refractivity contribution in [3.05, 3.63) is 59.4 Å². The van der Waals surface area contributed by atoms with Crippen LogP contribution in [0.15, 0.2) is 42.7 Å². The summed E-state index contributed by atoms with van der Waals surface area (Å²) in [6.45, 7) is 1.74. The van der Waals surface area contributed by atoms with Crippen molar-refractivity contribution in [1.82, 2.24) is 10.3 Å². The lowest BCUT2D eigenvalue weighted by Gasteiger charge is -2.27. The van der Waals surface area contributed by atoms with Gasteiger partial charge in [0, 0.05) is 18.8 Å². The van der Waals surface area contributed by atoms with E-state index < -0.39 is 0 Å². The van der Waals surface area contributed by atoms with Gasteiger partial charge in [-0.25, -0.2) is 0 Å². The predicted molar refractivity (Wildman–Crippen MR) is 78.3 cm³/mol. The summed E-state index contributed by atoms with van der Waals surface area (Å²) in [5.41, 5.74) is 4.17. The van der Waals surface area contributed by atoms with Gasteiger partial charge in [0.05, 0.1) is 17.4 Å². The molecule has 1 aliphatic rings. The van der Waals surface area contributed by atoms with Gasteiger partial charge in [0.25, 0.3) is 0 Å². The van der Waals surface area contributed by atoms with Crippen LogP contribution in [0.25, 0.3) is 0 Å². The summed E-state index contributed by atoms with van der Waals surface area (Å²) in [7, 11) is 0. The molecule has 0 amide bonds. The number of benzene rings is 1. The molecule has 4 heteroatoms. The highest BCUT2D eigenvalue weighted by molar-refractivity contribution is 5.55. The van der Waals surface area contributed by atoms with Gasteiger partial charge < -0.3 is 10.6 Å². The third-order valence-electron chi connectivity index (χ3n) is 3.65. The van der Waals surface area contributed by atoms with E-state index in [4.69, 9.17) is 5.26 Å². The molecule has 1 aliphatic heterocycles. The second kappa shape index (κ2) is 5.72. The fourth-order valence-corrected chi connectivity index (χ4v) is 2.62. The first-order chi connectivity index (χ1) is 9.88. The molecule has 0 aliphatic carbocycles. The molecule has 3 rings (SSSR count). The number of pyridine rings is 1. The first kappa shape index (κ1) is 12.6. The highest BCUT2D eigenvalue weighted by Gasteiger charge is 2.18. The normalized spacial score (nSPS) is 17.1. The maximum atomic E-state index is 9.08. The molecule has 4 nitrogen and oxygen atoms in total. The van der Waals surface area contributed by atoms with E-state index in [1.54, 1.807) is 18.5 Å². The van der Waals surface area contributed by atoms with Gasteiger partial charge in [0.1, 0.15) is 6.07 Å². The molecule has 2 heterocycles. The van der Waals surface area contributed by atoms with Crippen LogP contribution in [0.2, 0.25) is 0 Å². The Kier molecular flexibility index (Phi) is 3.62. The molecular formula is C16H16N4. The Morgan fingerprint density at radius 2 is 2.25 bits per heavy atom. The van der Waals surface area contributed by atoms with Crippen molar-refractivity contribution in [3.63, 3.8) is 0 Å². The molecule has 1 unspecified atom stereocenters. The minimum Gasteiger partial charge on any atom is -0.381 e. The summed E-state index contributed by atoms with van der Waals surface area (Å²) in [6, 6.07) is 12.7. The maximum absolute atomic E-state index is 9.08. The summed E-state index contributed by atoms with van der Waals surface area (Å²) in [5, 5.41) is 15.9. The van der Waals surface area contributed by atoms with E-state index >= 15 is 0 Å². The van der Waals surface area contributed by atoms with Crippen molar-refractivity contribution in [3.8, 4) is 6.07 Å². The molecule has 1 aromatic carbocycles.